The molecule has 4 nitrogen and oxygen atoms in total. The summed E-state index contributed by atoms with van der Waals surface area (Å²) in [6.45, 7) is 1.10. The van der Waals surface area contributed by atoms with Crippen molar-refractivity contribution >= 4 is 12.3 Å². The summed E-state index contributed by atoms with van der Waals surface area (Å²) in [5.74, 6) is -0.987. The molecule has 7 heteroatoms. The highest BCUT2D eigenvalue weighted by Gasteiger charge is 2.38. The lowest BCUT2D eigenvalue weighted by Crippen LogP contribution is -2.18. The predicted octanol–water partition coefficient (Wildman–Crippen LogP) is 4.05. The van der Waals surface area contributed by atoms with Crippen LogP contribution in [-0.2, 0) is 6.18 Å². The maximum atomic E-state index is 13.3. The van der Waals surface area contributed by atoms with Gasteiger partial charge in [-0.3, -0.25) is 4.79 Å². The van der Waals surface area contributed by atoms with Crippen molar-refractivity contribution in [3.63, 3.8) is 0 Å². The zero-order valence-electron chi connectivity index (χ0n) is 12.8. The molecule has 0 saturated carbocycles. The summed E-state index contributed by atoms with van der Waals surface area (Å²) in [5, 5.41) is 0. The Morgan fingerprint density at radius 1 is 1.17 bits per heavy atom. The minimum Gasteiger partial charge on any atom is -0.496 e. The minimum atomic E-state index is -4.80. The monoisotopic (exact) mass is 338 g/mol. The molecule has 0 spiro atoms. The number of carbonyl (C=O) groups is 2. The van der Waals surface area contributed by atoms with Crippen molar-refractivity contribution < 1.29 is 32.2 Å². The van der Waals surface area contributed by atoms with Gasteiger partial charge in [0.15, 0.2) is 6.29 Å². The molecule has 0 atom stereocenters. The summed E-state index contributed by atoms with van der Waals surface area (Å²) in [5.41, 5.74) is -2.59. The van der Waals surface area contributed by atoms with Crippen molar-refractivity contribution in [2.24, 2.45) is 0 Å². The number of aldehydes is 1. The van der Waals surface area contributed by atoms with Gasteiger partial charge in [-0.2, -0.15) is 13.2 Å². The van der Waals surface area contributed by atoms with E-state index in [0.717, 1.165) is 13.0 Å². The second-order valence-electron chi connectivity index (χ2n) is 4.86. The number of hydrogen-bond acceptors (Lipinski definition) is 4. The zero-order valence-corrected chi connectivity index (χ0v) is 12.8. The van der Waals surface area contributed by atoms with E-state index in [2.05, 4.69) is 0 Å². The molecule has 0 radical (unpaired) electrons. The van der Waals surface area contributed by atoms with Crippen LogP contribution in [0.4, 0.5) is 13.2 Å². The van der Waals surface area contributed by atoms with E-state index in [-0.39, 0.29) is 23.3 Å². The smallest absolute Gasteiger partial charge is 0.417 e. The summed E-state index contributed by atoms with van der Waals surface area (Å²) >= 11 is 0. The number of methoxy groups -OCH3 is 1. The third kappa shape index (κ3) is 3.40. The number of halogens is 3. The molecule has 0 aliphatic heterocycles. The van der Waals surface area contributed by atoms with Crippen LogP contribution in [0.15, 0.2) is 36.4 Å². The standard InChI is InChI=1S/C17H13F3O4/c1-10-14(16(22)24-12-6-4-3-5-7-12)13(23-2)8-11(9-21)15(10)17(18,19)20/h3-9H,1-2H3. The lowest BCUT2D eigenvalue weighted by molar-refractivity contribution is -0.138. The van der Waals surface area contributed by atoms with Crippen LogP contribution in [-0.4, -0.2) is 19.4 Å². The lowest BCUT2D eigenvalue weighted by atomic mass is 9.95. The van der Waals surface area contributed by atoms with Gasteiger partial charge in [0.2, 0.25) is 0 Å². The normalized spacial score (nSPS) is 11.0. The van der Waals surface area contributed by atoms with Gasteiger partial charge in [-0.15, -0.1) is 0 Å². The van der Waals surface area contributed by atoms with Crippen LogP contribution in [0.2, 0.25) is 0 Å². The highest BCUT2D eigenvalue weighted by atomic mass is 19.4. The van der Waals surface area contributed by atoms with Gasteiger partial charge in [-0.05, 0) is 30.7 Å². The second-order valence-corrected chi connectivity index (χ2v) is 4.86. The molecule has 2 aromatic carbocycles. The Hall–Kier alpha value is -2.83. The van der Waals surface area contributed by atoms with Crippen LogP contribution in [0.1, 0.15) is 31.8 Å². The minimum absolute atomic E-state index is 0.0741. The van der Waals surface area contributed by atoms with Crippen molar-refractivity contribution in [2.75, 3.05) is 7.11 Å². The van der Waals surface area contributed by atoms with Gasteiger partial charge in [-0.25, -0.2) is 4.79 Å². The number of ether oxygens (including phenoxy) is 2. The summed E-state index contributed by atoms with van der Waals surface area (Å²) in [7, 11) is 1.19. The van der Waals surface area contributed by atoms with Crippen LogP contribution in [0.5, 0.6) is 11.5 Å². The Morgan fingerprint density at radius 2 is 1.79 bits per heavy atom. The maximum absolute atomic E-state index is 13.3. The number of hydrogen-bond donors (Lipinski definition) is 0. The van der Waals surface area contributed by atoms with Gasteiger partial charge in [0.1, 0.15) is 17.1 Å². The van der Waals surface area contributed by atoms with Crippen LogP contribution in [0.25, 0.3) is 0 Å². The number of alkyl halides is 3. The molecule has 24 heavy (non-hydrogen) atoms. The van der Waals surface area contributed by atoms with E-state index < -0.39 is 28.8 Å². The van der Waals surface area contributed by atoms with Crippen molar-refractivity contribution in [1.29, 1.82) is 0 Å². The molecule has 0 bridgehead atoms. The fourth-order valence-corrected chi connectivity index (χ4v) is 2.34. The third-order valence-corrected chi connectivity index (χ3v) is 3.36. The summed E-state index contributed by atoms with van der Waals surface area (Å²) in [6, 6.07) is 8.79. The van der Waals surface area contributed by atoms with E-state index in [1.165, 1.54) is 19.2 Å². The van der Waals surface area contributed by atoms with Gasteiger partial charge in [0.25, 0.3) is 0 Å². The fraction of sp³-hybridized carbons (Fsp3) is 0.176. The first-order valence-electron chi connectivity index (χ1n) is 6.80. The van der Waals surface area contributed by atoms with Crippen molar-refractivity contribution in [3.8, 4) is 11.5 Å². The molecular formula is C17H13F3O4. The van der Waals surface area contributed by atoms with Gasteiger partial charge in [0.05, 0.1) is 12.7 Å². The predicted molar refractivity (Wildman–Crippen MR) is 79.5 cm³/mol. The molecule has 0 amide bonds. The topological polar surface area (TPSA) is 52.6 Å². The van der Waals surface area contributed by atoms with E-state index in [1.54, 1.807) is 18.2 Å². The number of para-hydroxylation sites is 1. The molecule has 2 aromatic rings. The third-order valence-electron chi connectivity index (χ3n) is 3.36. The molecule has 0 N–H and O–H groups in total. The van der Waals surface area contributed by atoms with E-state index >= 15 is 0 Å². The second kappa shape index (κ2) is 6.74. The van der Waals surface area contributed by atoms with E-state index in [0.29, 0.717) is 0 Å². The largest absolute Gasteiger partial charge is 0.496 e. The molecule has 0 fully saturated rings. The maximum Gasteiger partial charge on any atom is 0.417 e. The molecule has 0 aromatic heterocycles. The number of benzene rings is 2. The van der Waals surface area contributed by atoms with E-state index in [1.807, 2.05) is 0 Å². The van der Waals surface area contributed by atoms with Crippen LogP contribution in [0, 0.1) is 6.92 Å². The van der Waals surface area contributed by atoms with Gasteiger partial charge in [-0.1, -0.05) is 18.2 Å². The van der Waals surface area contributed by atoms with Gasteiger partial charge in [0, 0.05) is 5.56 Å². The Labute approximate surface area is 135 Å². The van der Waals surface area contributed by atoms with Crippen molar-refractivity contribution in [1.82, 2.24) is 0 Å². The Balaban J connectivity index is 2.60. The first-order chi connectivity index (χ1) is 11.3. The molecule has 0 saturated heterocycles. The van der Waals surface area contributed by atoms with E-state index in [4.69, 9.17) is 9.47 Å². The van der Waals surface area contributed by atoms with E-state index in [9.17, 15) is 22.8 Å². The summed E-state index contributed by atoms with van der Waals surface area (Å²) < 4.78 is 49.8. The molecule has 0 aliphatic carbocycles. The highest BCUT2D eigenvalue weighted by Crippen LogP contribution is 2.39. The zero-order chi connectivity index (χ0) is 17.9. The van der Waals surface area contributed by atoms with Crippen LogP contribution >= 0.6 is 0 Å². The molecule has 0 heterocycles. The number of esters is 1. The Morgan fingerprint density at radius 3 is 2.29 bits per heavy atom. The molecule has 126 valence electrons. The highest BCUT2D eigenvalue weighted by molar-refractivity contribution is 5.97. The van der Waals surface area contributed by atoms with Crippen molar-refractivity contribution in [2.45, 2.75) is 13.1 Å². The van der Waals surface area contributed by atoms with Crippen LogP contribution in [0.3, 0.4) is 0 Å². The van der Waals surface area contributed by atoms with Crippen LogP contribution < -0.4 is 9.47 Å². The average molecular weight is 338 g/mol. The Kier molecular flexibility index (Phi) is 4.92. The lowest BCUT2D eigenvalue weighted by Gasteiger charge is -2.18. The number of carbonyl (C=O) groups excluding carboxylic acids is 2. The first kappa shape index (κ1) is 17.5. The number of rotatable bonds is 4. The summed E-state index contributed by atoms with van der Waals surface area (Å²) in [6.07, 6.45) is -4.72. The Bertz CT molecular complexity index is 768. The molecule has 0 unspecified atom stereocenters. The first-order valence-corrected chi connectivity index (χ1v) is 6.80. The average Bonchev–Trinajstić information content (AvgIpc) is 2.53. The molecule has 0 aliphatic rings. The SMILES string of the molecule is COc1cc(C=O)c(C(F)(F)F)c(C)c1C(=O)Oc1ccccc1. The quantitative estimate of drug-likeness (QED) is 0.479. The van der Waals surface area contributed by atoms with Gasteiger partial charge < -0.3 is 9.47 Å². The summed E-state index contributed by atoms with van der Waals surface area (Å²) in [4.78, 5) is 23.3. The molecular weight excluding hydrogens is 325 g/mol. The fourth-order valence-electron chi connectivity index (χ4n) is 2.34. The van der Waals surface area contributed by atoms with Crippen molar-refractivity contribution in [3.05, 3.63) is 58.7 Å². The molecule has 2 rings (SSSR count). The van der Waals surface area contributed by atoms with Gasteiger partial charge >= 0.3 is 12.1 Å².